The third-order valence-corrected chi connectivity index (χ3v) is 4.17. The number of halogens is 3. The fraction of sp³-hybridized carbons (Fsp3) is 0.533. The summed E-state index contributed by atoms with van der Waals surface area (Å²) in [4.78, 5) is 0. The van der Waals surface area contributed by atoms with Gasteiger partial charge in [0.1, 0.15) is 11.3 Å². The van der Waals surface area contributed by atoms with E-state index in [-0.39, 0.29) is 6.54 Å². The molecule has 0 amide bonds. The van der Waals surface area contributed by atoms with Gasteiger partial charge in [-0.3, -0.25) is 0 Å². The van der Waals surface area contributed by atoms with Gasteiger partial charge < -0.3 is 9.75 Å². The number of rotatable bonds is 4. The van der Waals surface area contributed by atoms with E-state index >= 15 is 0 Å². The summed E-state index contributed by atoms with van der Waals surface area (Å²) in [6, 6.07) is 8.45. The van der Waals surface area contributed by atoms with Crippen LogP contribution >= 0.6 is 0 Å². The molecular formula is C15H18F3N3O. The Kier molecular flexibility index (Phi) is 4.52. The molecule has 0 spiro atoms. The van der Waals surface area contributed by atoms with Crippen molar-refractivity contribution in [2.45, 2.75) is 31.5 Å². The van der Waals surface area contributed by atoms with Gasteiger partial charge in [-0.15, -0.1) is 0 Å². The van der Waals surface area contributed by atoms with E-state index in [0.29, 0.717) is 17.9 Å². The first-order valence-electron chi connectivity index (χ1n) is 7.01. The molecule has 1 aromatic rings. The highest BCUT2D eigenvalue weighted by molar-refractivity contribution is 5.50. The zero-order valence-electron chi connectivity index (χ0n) is 12.4. The minimum Gasteiger partial charge on any atom is -0.497 e. The fourth-order valence-corrected chi connectivity index (χ4v) is 2.87. The van der Waals surface area contributed by atoms with Crippen molar-refractivity contribution in [1.29, 1.82) is 5.26 Å². The molecule has 1 aliphatic heterocycles. The minimum atomic E-state index is -4.50. The highest BCUT2D eigenvalue weighted by Gasteiger charge is 2.62. The van der Waals surface area contributed by atoms with Crippen molar-refractivity contribution >= 4 is 5.69 Å². The van der Waals surface area contributed by atoms with Crippen molar-refractivity contribution in [3.8, 4) is 11.8 Å². The van der Waals surface area contributed by atoms with Gasteiger partial charge in [0.15, 0.2) is 0 Å². The Hall–Kier alpha value is -1.94. The summed E-state index contributed by atoms with van der Waals surface area (Å²) < 4.78 is 45.8. The first-order chi connectivity index (χ1) is 10.4. The predicted octanol–water partition coefficient (Wildman–Crippen LogP) is 3.26. The number of hydrazine groups is 1. The molecule has 1 aliphatic rings. The van der Waals surface area contributed by atoms with Crippen LogP contribution in [0.4, 0.5) is 18.9 Å². The Balaban J connectivity index is 2.33. The molecule has 7 heteroatoms. The summed E-state index contributed by atoms with van der Waals surface area (Å²) in [6.45, 7) is 1.91. The summed E-state index contributed by atoms with van der Waals surface area (Å²) in [6.07, 6.45) is -4.77. The van der Waals surface area contributed by atoms with Crippen molar-refractivity contribution in [2.24, 2.45) is 5.92 Å². The van der Waals surface area contributed by atoms with Gasteiger partial charge in [0.05, 0.1) is 25.3 Å². The minimum absolute atomic E-state index is 0.198. The van der Waals surface area contributed by atoms with E-state index in [4.69, 9.17) is 10.00 Å². The SMILES string of the molecule is CCC1CN(c2ccc(OC)cc2)NC1(CC#N)C(F)(F)F. The largest absolute Gasteiger partial charge is 0.497 e. The van der Waals surface area contributed by atoms with E-state index < -0.39 is 24.1 Å². The van der Waals surface area contributed by atoms with E-state index in [2.05, 4.69) is 5.43 Å². The molecule has 0 bridgehead atoms. The number of nitrogens with one attached hydrogen (secondary N) is 1. The van der Waals surface area contributed by atoms with Crippen LogP contribution < -0.4 is 15.2 Å². The molecular weight excluding hydrogens is 295 g/mol. The van der Waals surface area contributed by atoms with Crippen LogP contribution in [0.5, 0.6) is 5.75 Å². The number of alkyl halides is 3. The van der Waals surface area contributed by atoms with Crippen LogP contribution in [0.3, 0.4) is 0 Å². The zero-order valence-corrected chi connectivity index (χ0v) is 12.4. The molecule has 2 unspecified atom stereocenters. The Morgan fingerprint density at radius 1 is 1.41 bits per heavy atom. The Morgan fingerprint density at radius 2 is 2.05 bits per heavy atom. The molecule has 2 atom stereocenters. The molecule has 1 aromatic carbocycles. The summed E-state index contributed by atoms with van der Waals surface area (Å²) >= 11 is 0. The topological polar surface area (TPSA) is 48.3 Å². The van der Waals surface area contributed by atoms with Crippen LogP contribution in [0.15, 0.2) is 24.3 Å². The van der Waals surface area contributed by atoms with Crippen molar-refractivity contribution in [3.05, 3.63) is 24.3 Å². The Labute approximate surface area is 127 Å². The number of hydrogen-bond donors (Lipinski definition) is 1. The Morgan fingerprint density at radius 3 is 2.50 bits per heavy atom. The molecule has 1 heterocycles. The van der Waals surface area contributed by atoms with E-state index in [1.54, 1.807) is 37.3 Å². The predicted molar refractivity (Wildman–Crippen MR) is 76.3 cm³/mol. The third-order valence-electron chi connectivity index (χ3n) is 4.17. The Bertz CT molecular complexity index is 553. The maximum atomic E-state index is 13.6. The maximum absolute atomic E-state index is 13.6. The quantitative estimate of drug-likeness (QED) is 0.927. The van der Waals surface area contributed by atoms with E-state index in [9.17, 15) is 13.2 Å². The van der Waals surface area contributed by atoms with Gasteiger partial charge in [-0.05, 0) is 30.7 Å². The smallest absolute Gasteiger partial charge is 0.409 e. The van der Waals surface area contributed by atoms with Crippen molar-refractivity contribution < 1.29 is 17.9 Å². The fourth-order valence-electron chi connectivity index (χ4n) is 2.87. The van der Waals surface area contributed by atoms with Crippen LogP contribution in [0.25, 0.3) is 0 Å². The molecule has 4 nitrogen and oxygen atoms in total. The number of benzene rings is 1. The van der Waals surface area contributed by atoms with Crippen LogP contribution in [0.1, 0.15) is 19.8 Å². The standard InChI is InChI=1S/C15H18F3N3O/c1-3-11-10-21(12-4-6-13(22-2)7-5-12)20-14(11,8-9-19)15(16,17)18/h4-7,11,20H,3,8,10H2,1-2H3. The first kappa shape index (κ1) is 16.4. The molecule has 120 valence electrons. The highest BCUT2D eigenvalue weighted by Crippen LogP contribution is 2.45. The van der Waals surface area contributed by atoms with Gasteiger partial charge >= 0.3 is 6.18 Å². The van der Waals surface area contributed by atoms with Crippen molar-refractivity contribution in [3.63, 3.8) is 0 Å². The molecule has 1 saturated heterocycles. The number of nitrogens with zero attached hydrogens (tertiary/aromatic N) is 2. The van der Waals surface area contributed by atoms with E-state index in [0.717, 1.165) is 0 Å². The highest BCUT2D eigenvalue weighted by atomic mass is 19.4. The third kappa shape index (κ3) is 2.71. The van der Waals surface area contributed by atoms with Gasteiger partial charge in [0.25, 0.3) is 0 Å². The van der Waals surface area contributed by atoms with Crippen LogP contribution in [0.2, 0.25) is 0 Å². The summed E-state index contributed by atoms with van der Waals surface area (Å²) in [7, 11) is 1.53. The van der Waals surface area contributed by atoms with E-state index in [1.165, 1.54) is 12.1 Å². The number of anilines is 1. The second-order valence-electron chi connectivity index (χ2n) is 5.33. The average Bonchev–Trinajstić information content (AvgIpc) is 2.87. The first-order valence-corrected chi connectivity index (χ1v) is 7.01. The van der Waals surface area contributed by atoms with Crippen LogP contribution in [-0.4, -0.2) is 25.4 Å². The average molecular weight is 313 g/mol. The monoisotopic (exact) mass is 313 g/mol. The van der Waals surface area contributed by atoms with E-state index in [1.807, 2.05) is 0 Å². The van der Waals surface area contributed by atoms with Crippen LogP contribution in [0, 0.1) is 17.2 Å². The second kappa shape index (κ2) is 6.05. The second-order valence-corrected chi connectivity index (χ2v) is 5.33. The lowest BCUT2D eigenvalue weighted by Crippen LogP contribution is -2.59. The molecule has 2 rings (SSSR count). The molecule has 22 heavy (non-hydrogen) atoms. The summed E-state index contributed by atoms with van der Waals surface area (Å²) in [5.41, 5.74) is 0.961. The number of nitriles is 1. The summed E-state index contributed by atoms with van der Waals surface area (Å²) in [5, 5.41) is 10.3. The van der Waals surface area contributed by atoms with Gasteiger partial charge in [-0.1, -0.05) is 6.92 Å². The number of hydrogen-bond acceptors (Lipinski definition) is 4. The molecule has 0 saturated carbocycles. The van der Waals surface area contributed by atoms with Gasteiger partial charge in [-0.2, -0.15) is 18.4 Å². The summed E-state index contributed by atoms with van der Waals surface area (Å²) in [5.74, 6) is -0.0525. The lowest BCUT2D eigenvalue weighted by molar-refractivity contribution is -0.202. The lowest BCUT2D eigenvalue weighted by Gasteiger charge is -2.34. The molecule has 1 fully saturated rings. The lowest BCUT2D eigenvalue weighted by atomic mass is 9.81. The zero-order chi connectivity index (χ0) is 16.4. The maximum Gasteiger partial charge on any atom is 0.409 e. The molecule has 0 radical (unpaired) electrons. The normalized spacial score (nSPS) is 25.1. The van der Waals surface area contributed by atoms with Gasteiger partial charge in [-0.25, -0.2) is 5.43 Å². The molecule has 0 aromatic heterocycles. The van der Waals surface area contributed by atoms with Crippen molar-refractivity contribution in [1.82, 2.24) is 5.43 Å². The van der Waals surface area contributed by atoms with Crippen LogP contribution in [-0.2, 0) is 0 Å². The van der Waals surface area contributed by atoms with Gasteiger partial charge in [0.2, 0.25) is 0 Å². The number of methoxy groups -OCH3 is 1. The molecule has 1 N–H and O–H groups in total. The van der Waals surface area contributed by atoms with Gasteiger partial charge in [0, 0.05) is 12.5 Å². The number of ether oxygens (including phenoxy) is 1. The molecule has 0 aliphatic carbocycles. The van der Waals surface area contributed by atoms with Crippen molar-refractivity contribution in [2.75, 3.05) is 18.7 Å².